The van der Waals surface area contributed by atoms with Crippen LogP contribution in [0, 0.1) is 0 Å². The van der Waals surface area contributed by atoms with Gasteiger partial charge in [0.05, 0.1) is 18.7 Å². The maximum absolute atomic E-state index is 13.4. The van der Waals surface area contributed by atoms with Gasteiger partial charge in [-0.15, -0.1) is 37.2 Å². The van der Waals surface area contributed by atoms with E-state index in [1.165, 1.54) is 11.2 Å². The molecule has 2 aliphatic heterocycles. The van der Waals surface area contributed by atoms with E-state index in [-0.39, 0.29) is 49.0 Å². The number of hydrogen-bond donors (Lipinski definition) is 1. The Labute approximate surface area is 235 Å². The number of carbonyl (C=O) groups excluding carboxylic acids is 2. The van der Waals surface area contributed by atoms with E-state index in [2.05, 4.69) is 20.2 Å². The number of rotatable bonds is 8. The molecule has 1 saturated heterocycles. The normalized spacial score (nSPS) is 15.4. The van der Waals surface area contributed by atoms with E-state index in [4.69, 9.17) is 4.74 Å². The summed E-state index contributed by atoms with van der Waals surface area (Å²) in [4.78, 5) is 41.3. The van der Waals surface area contributed by atoms with Crippen molar-refractivity contribution in [3.8, 4) is 0 Å². The number of imide groups is 1. The number of likely N-dealkylation sites (N-methyl/N-ethyl adjacent to an activating group) is 1. The molecule has 0 saturated carbocycles. The number of hydrogen-bond acceptors (Lipinski definition) is 8. The van der Waals surface area contributed by atoms with Crippen LogP contribution in [0.15, 0.2) is 30.6 Å². The molecule has 0 atom stereocenters. The molecule has 37 heavy (non-hydrogen) atoms. The molecule has 1 fully saturated rings. The van der Waals surface area contributed by atoms with Gasteiger partial charge in [0.1, 0.15) is 12.1 Å². The molecular formula is C25H33Cl3N6O3. The highest BCUT2D eigenvalue weighted by Gasteiger charge is 2.33. The number of ether oxygens (including phenoxy) is 1. The molecule has 0 unspecified atom stereocenters. The van der Waals surface area contributed by atoms with Gasteiger partial charge in [0.2, 0.25) is 0 Å². The third-order valence-electron chi connectivity index (χ3n) is 6.53. The molecule has 2 aliphatic rings. The fourth-order valence-corrected chi connectivity index (χ4v) is 4.71. The molecule has 202 valence electrons. The van der Waals surface area contributed by atoms with Gasteiger partial charge in [-0.1, -0.05) is 12.1 Å². The Bertz CT molecular complexity index is 1250. The van der Waals surface area contributed by atoms with Gasteiger partial charge >= 0.3 is 0 Å². The Balaban J connectivity index is 0.00000160. The van der Waals surface area contributed by atoms with Crippen molar-refractivity contribution >= 4 is 76.5 Å². The fourth-order valence-electron chi connectivity index (χ4n) is 4.71. The molecule has 1 aromatic heterocycles. The molecule has 0 bridgehead atoms. The predicted octanol–water partition coefficient (Wildman–Crippen LogP) is 3.34. The summed E-state index contributed by atoms with van der Waals surface area (Å²) in [5.41, 5.74) is 1.82. The van der Waals surface area contributed by atoms with E-state index in [0.29, 0.717) is 35.4 Å². The SMILES string of the molecule is CN(C)CCN1C(=O)c2cccc3c2c(cc2c(NCCCN4CCOCC4)ncnc23)C1=O.Cl.Cl.Cl. The van der Waals surface area contributed by atoms with Crippen molar-refractivity contribution < 1.29 is 14.3 Å². The molecule has 9 nitrogen and oxygen atoms in total. The van der Waals surface area contributed by atoms with Crippen LogP contribution >= 0.6 is 37.2 Å². The lowest BCUT2D eigenvalue weighted by molar-refractivity contribution is 0.0378. The number of nitrogens with one attached hydrogen (secondary N) is 1. The van der Waals surface area contributed by atoms with Crippen LogP contribution in [-0.4, -0.2) is 103 Å². The summed E-state index contributed by atoms with van der Waals surface area (Å²) < 4.78 is 5.41. The number of fused-ring (bicyclic) bond motifs is 2. The first-order valence-electron chi connectivity index (χ1n) is 11.8. The van der Waals surface area contributed by atoms with Crippen molar-refractivity contribution in [1.29, 1.82) is 0 Å². The molecule has 0 radical (unpaired) electrons. The van der Waals surface area contributed by atoms with Gasteiger partial charge in [0.15, 0.2) is 0 Å². The second kappa shape index (κ2) is 13.5. The third-order valence-corrected chi connectivity index (χ3v) is 6.53. The van der Waals surface area contributed by atoms with Crippen molar-refractivity contribution in [2.24, 2.45) is 0 Å². The van der Waals surface area contributed by atoms with Crippen molar-refractivity contribution in [1.82, 2.24) is 24.7 Å². The minimum atomic E-state index is -0.264. The van der Waals surface area contributed by atoms with Crippen molar-refractivity contribution in [3.05, 3.63) is 41.7 Å². The predicted molar refractivity (Wildman–Crippen MR) is 153 cm³/mol. The average molecular weight is 572 g/mol. The van der Waals surface area contributed by atoms with Crippen LogP contribution in [0.25, 0.3) is 21.7 Å². The largest absolute Gasteiger partial charge is 0.379 e. The second-order valence-electron chi connectivity index (χ2n) is 9.07. The number of aromatic nitrogens is 2. The van der Waals surface area contributed by atoms with Crippen LogP contribution in [0.2, 0.25) is 0 Å². The third kappa shape index (κ3) is 6.25. The minimum Gasteiger partial charge on any atom is -0.379 e. The van der Waals surface area contributed by atoms with Gasteiger partial charge in [-0.05, 0) is 39.2 Å². The highest BCUT2D eigenvalue weighted by Crippen LogP contribution is 2.36. The van der Waals surface area contributed by atoms with Gasteiger partial charge < -0.3 is 15.0 Å². The number of nitrogens with zero attached hydrogens (tertiary/aromatic N) is 5. The molecule has 3 aromatic rings. The molecule has 12 heteroatoms. The smallest absolute Gasteiger partial charge is 0.261 e. The minimum absolute atomic E-state index is 0. The summed E-state index contributed by atoms with van der Waals surface area (Å²) in [6.45, 7) is 6.24. The zero-order valence-electron chi connectivity index (χ0n) is 20.9. The first-order chi connectivity index (χ1) is 16.5. The Hall–Kier alpha value is -2.27. The monoisotopic (exact) mass is 570 g/mol. The number of morpholine rings is 1. The summed E-state index contributed by atoms with van der Waals surface area (Å²) >= 11 is 0. The number of carbonyl (C=O) groups is 2. The first-order valence-corrected chi connectivity index (χ1v) is 11.8. The highest BCUT2D eigenvalue weighted by molar-refractivity contribution is 6.29. The summed E-state index contributed by atoms with van der Waals surface area (Å²) in [5.74, 6) is 0.194. The Morgan fingerprint density at radius 1 is 0.973 bits per heavy atom. The lowest BCUT2D eigenvalue weighted by atomic mass is 9.92. The van der Waals surface area contributed by atoms with Crippen LogP contribution < -0.4 is 5.32 Å². The lowest BCUT2D eigenvalue weighted by Gasteiger charge is -2.28. The molecule has 0 spiro atoms. The first kappa shape index (κ1) is 31.0. The average Bonchev–Trinajstić information content (AvgIpc) is 2.85. The van der Waals surface area contributed by atoms with E-state index in [0.717, 1.165) is 62.1 Å². The standard InChI is InChI=1S/C25H30N6O3.3ClH/c1-29(2)9-10-31-24(32)18-6-3-5-17-21(18)19(25(31)33)15-20-22(17)27-16-28-23(20)26-7-4-8-30-11-13-34-14-12-30;;;/h3,5-6,15-16H,4,7-14H2,1-2H3,(H,26,27,28);3*1H. The molecular weight excluding hydrogens is 539 g/mol. The van der Waals surface area contributed by atoms with E-state index in [1.54, 1.807) is 6.07 Å². The summed E-state index contributed by atoms with van der Waals surface area (Å²) in [6.07, 6.45) is 2.51. The Morgan fingerprint density at radius 3 is 2.43 bits per heavy atom. The van der Waals surface area contributed by atoms with Crippen LogP contribution in [0.3, 0.4) is 0 Å². The summed E-state index contributed by atoms with van der Waals surface area (Å²) in [6, 6.07) is 7.43. The zero-order chi connectivity index (χ0) is 23.7. The van der Waals surface area contributed by atoms with Crippen LogP contribution in [0.4, 0.5) is 5.82 Å². The van der Waals surface area contributed by atoms with Crippen LogP contribution in [-0.2, 0) is 4.74 Å². The number of anilines is 1. The quantitative estimate of drug-likeness (QED) is 0.250. The van der Waals surface area contributed by atoms with E-state index < -0.39 is 0 Å². The Morgan fingerprint density at radius 2 is 1.70 bits per heavy atom. The van der Waals surface area contributed by atoms with Crippen molar-refractivity contribution in [2.75, 3.05) is 71.9 Å². The van der Waals surface area contributed by atoms with E-state index in [9.17, 15) is 9.59 Å². The maximum atomic E-state index is 13.4. The van der Waals surface area contributed by atoms with Gasteiger partial charge in [-0.2, -0.15) is 0 Å². The molecule has 2 aromatic carbocycles. The molecule has 5 rings (SSSR count). The van der Waals surface area contributed by atoms with E-state index in [1.807, 2.05) is 37.2 Å². The second-order valence-corrected chi connectivity index (χ2v) is 9.07. The van der Waals surface area contributed by atoms with Gasteiger partial charge in [-0.25, -0.2) is 9.97 Å². The summed E-state index contributed by atoms with van der Waals surface area (Å²) in [7, 11) is 3.85. The van der Waals surface area contributed by atoms with Crippen molar-refractivity contribution in [2.45, 2.75) is 6.42 Å². The van der Waals surface area contributed by atoms with Crippen LogP contribution in [0.1, 0.15) is 27.1 Å². The zero-order valence-corrected chi connectivity index (χ0v) is 23.4. The molecule has 3 heterocycles. The number of halogens is 3. The van der Waals surface area contributed by atoms with Gasteiger partial charge in [-0.3, -0.25) is 19.4 Å². The van der Waals surface area contributed by atoms with E-state index >= 15 is 0 Å². The molecule has 2 amide bonds. The van der Waals surface area contributed by atoms with Crippen LogP contribution in [0.5, 0.6) is 0 Å². The number of benzene rings is 2. The summed E-state index contributed by atoms with van der Waals surface area (Å²) in [5, 5.41) is 5.73. The van der Waals surface area contributed by atoms with Gasteiger partial charge in [0, 0.05) is 60.0 Å². The highest BCUT2D eigenvalue weighted by atomic mass is 35.5. The maximum Gasteiger partial charge on any atom is 0.261 e. The molecule has 0 aliphatic carbocycles. The fraction of sp³-hybridized carbons (Fsp3) is 0.440. The van der Waals surface area contributed by atoms with Gasteiger partial charge in [0.25, 0.3) is 11.8 Å². The number of amides is 2. The topological polar surface area (TPSA) is 90.9 Å². The lowest BCUT2D eigenvalue weighted by Crippen LogP contribution is -2.43. The Kier molecular flexibility index (Phi) is 11.3. The van der Waals surface area contributed by atoms with Crippen molar-refractivity contribution in [3.63, 3.8) is 0 Å². The molecule has 1 N–H and O–H groups in total.